The summed E-state index contributed by atoms with van der Waals surface area (Å²) in [5.41, 5.74) is 6.41. The molecule has 0 aromatic rings. The topological polar surface area (TPSA) is 40.9 Å². The van der Waals surface area contributed by atoms with E-state index in [2.05, 4.69) is 0 Å². The zero-order valence-electron chi connectivity index (χ0n) is 4.07. The Bertz CT molecular complexity index is 74.1. The Morgan fingerprint density at radius 1 is 2.00 bits per heavy atom. The lowest BCUT2D eigenvalue weighted by Crippen LogP contribution is -2.12. The molecule has 1 amide bonds. The second-order valence-corrected chi connectivity index (χ2v) is 1.77. The first kappa shape index (κ1) is 6.76. The molecule has 0 spiro atoms. The van der Waals surface area contributed by atoms with E-state index in [0.29, 0.717) is 6.42 Å². The monoisotopic (exact) mass is 120 g/mol. The van der Waals surface area contributed by atoms with Crippen LogP contribution in [-0.4, -0.2) is 11.3 Å². The molecule has 41 valence electrons. The van der Waals surface area contributed by atoms with E-state index in [1.807, 2.05) is 0 Å². The van der Waals surface area contributed by atoms with Crippen molar-refractivity contribution < 1.29 is 4.79 Å². The summed E-state index contributed by atoms with van der Waals surface area (Å²) in [6.07, 6.45) is 0.546. The standard InChI is InChI=1S/C4H7ClNO/c1-2-3(5)4(6)7/h3,6H,2H2,1H3. The molecule has 0 heterocycles. The fraction of sp³-hybridized carbons (Fsp3) is 0.750. The maximum Gasteiger partial charge on any atom is 0.256 e. The van der Waals surface area contributed by atoms with E-state index >= 15 is 0 Å². The van der Waals surface area contributed by atoms with Gasteiger partial charge in [-0.1, -0.05) is 6.92 Å². The molecular weight excluding hydrogens is 114 g/mol. The molecule has 0 aliphatic heterocycles. The minimum atomic E-state index is -0.691. The molecule has 0 saturated heterocycles. The van der Waals surface area contributed by atoms with Gasteiger partial charge in [-0.05, 0) is 6.42 Å². The van der Waals surface area contributed by atoms with E-state index in [4.69, 9.17) is 17.3 Å². The van der Waals surface area contributed by atoms with E-state index in [1.54, 1.807) is 6.92 Å². The van der Waals surface area contributed by atoms with Crippen LogP contribution < -0.4 is 5.73 Å². The van der Waals surface area contributed by atoms with Gasteiger partial charge >= 0.3 is 0 Å². The van der Waals surface area contributed by atoms with Crippen LogP contribution in [0.5, 0.6) is 0 Å². The van der Waals surface area contributed by atoms with Crippen LogP contribution in [0.25, 0.3) is 0 Å². The van der Waals surface area contributed by atoms with Gasteiger partial charge in [0.05, 0.1) is 0 Å². The van der Waals surface area contributed by atoms with Gasteiger partial charge in [0.25, 0.3) is 5.91 Å². The van der Waals surface area contributed by atoms with Gasteiger partial charge in [0.2, 0.25) is 0 Å². The Kier molecular flexibility index (Phi) is 2.76. The van der Waals surface area contributed by atoms with Gasteiger partial charge in [-0.25, -0.2) is 0 Å². The molecule has 1 atom stereocenters. The fourth-order valence-corrected chi connectivity index (χ4v) is 0.185. The highest BCUT2D eigenvalue weighted by Crippen LogP contribution is 1.98. The highest BCUT2D eigenvalue weighted by atomic mass is 35.5. The molecule has 0 aliphatic rings. The van der Waals surface area contributed by atoms with Gasteiger partial charge in [0, 0.05) is 0 Å². The maximum atomic E-state index is 9.91. The highest BCUT2D eigenvalue weighted by molar-refractivity contribution is 6.30. The number of carbonyl (C=O) groups excluding carboxylic acids is 1. The molecule has 0 saturated carbocycles. The van der Waals surface area contributed by atoms with Crippen LogP contribution in [0.4, 0.5) is 0 Å². The van der Waals surface area contributed by atoms with Crippen LogP contribution in [0.1, 0.15) is 13.3 Å². The number of amides is 1. The number of hydrogen-bond acceptors (Lipinski definition) is 1. The van der Waals surface area contributed by atoms with Crippen molar-refractivity contribution in [3.63, 3.8) is 0 Å². The van der Waals surface area contributed by atoms with Crippen molar-refractivity contribution in [2.75, 3.05) is 0 Å². The lowest BCUT2D eigenvalue weighted by atomic mass is 10.3. The third kappa shape index (κ3) is 2.45. The van der Waals surface area contributed by atoms with E-state index in [0.717, 1.165) is 0 Å². The van der Waals surface area contributed by atoms with E-state index in [-0.39, 0.29) is 0 Å². The number of nitrogens with one attached hydrogen (secondary N) is 1. The van der Waals surface area contributed by atoms with E-state index < -0.39 is 11.3 Å². The third-order valence-corrected chi connectivity index (χ3v) is 1.15. The summed E-state index contributed by atoms with van der Waals surface area (Å²) in [5.74, 6) is -0.691. The van der Waals surface area contributed by atoms with E-state index in [9.17, 15) is 4.79 Å². The van der Waals surface area contributed by atoms with Gasteiger partial charge < -0.3 is 0 Å². The van der Waals surface area contributed by atoms with Gasteiger partial charge in [0.1, 0.15) is 5.38 Å². The van der Waals surface area contributed by atoms with Crippen LogP contribution in [0.2, 0.25) is 0 Å². The summed E-state index contributed by atoms with van der Waals surface area (Å²) >= 11 is 5.26. The summed E-state index contributed by atoms with van der Waals surface area (Å²) in [6.45, 7) is 1.77. The lowest BCUT2D eigenvalue weighted by Gasteiger charge is -1.94. The van der Waals surface area contributed by atoms with Crippen molar-refractivity contribution in [1.82, 2.24) is 5.73 Å². The van der Waals surface area contributed by atoms with Gasteiger partial charge in [-0.2, -0.15) is 0 Å². The first-order valence-corrected chi connectivity index (χ1v) is 2.51. The number of carbonyl (C=O) groups is 1. The Hall–Kier alpha value is -0.240. The zero-order valence-corrected chi connectivity index (χ0v) is 4.83. The summed E-state index contributed by atoms with van der Waals surface area (Å²) in [6, 6.07) is 0. The predicted octanol–water partition coefficient (Wildman–Crippen LogP) is 0.813. The van der Waals surface area contributed by atoms with Gasteiger partial charge in [-0.15, -0.1) is 11.6 Å². The first-order valence-electron chi connectivity index (χ1n) is 2.08. The van der Waals surface area contributed by atoms with Crippen molar-refractivity contribution >= 4 is 17.5 Å². The summed E-state index contributed by atoms with van der Waals surface area (Å²) < 4.78 is 0. The first-order chi connectivity index (χ1) is 3.18. The minimum Gasteiger partial charge on any atom is -0.272 e. The molecule has 0 rings (SSSR count). The average molecular weight is 121 g/mol. The Morgan fingerprint density at radius 2 is 2.43 bits per heavy atom. The van der Waals surface area contributed by atoms with Crippen molar-refractivity contribution in [3.05, 3.63) is 0 Å². The molecule has 0 aromatic heterocycles. The fourth-order valence-electron chi connectivity index (χ4n) is 0.185. The van der Waals surface area contributed by atoms with Gasteiger partial charge in [0.15, 0.2) is 0 Å². The molecule has 1 N–H and O–H groups in total. The number of halogens is 1. The molecule has 7 heavy (non-hydrogen) atoms. The summed E-state index contributed by atoms with van der Waals surface area (Å²) in [7, 11) is 0. The average Bonchev–Trinajstić information content (AvgIpc) is 1.65. The van der Waals surface area contributed by atoms with Crippen LogP contribution in [-0.2, 0) is 4.79 Å². The Balaban J connectivity index is 3.34. The molecule has 1 radical (unpaired) electrons. The normalized spacial score (nSPS) is 13.4. The Labute approximate surface area is 47.6 Å². The molecule has 3 heteroatoms. The SMILES string of the molecule is CCC(Cl)C([NH])=O. The summed E-state index contributed by atoms with van der Waals surface area (Å²) in [5, 5.41) is -0.597. The minimum absolute atomic E-state index is 0.546. The smallest absolute Gasteiger partial charge is 0.256 e. The number of rotatable bonds is 2. The Morgan fingerprint density at radius 3 is 2.43 bits per heavy atom. The van der Waals surface area contributed by atoms with E-state index in [1.165, 1.54) is 0 Å². The molecular formula is C4H7ClNO. The number of alkyl halides is 1. The second kappa shape index (κ2) is 2.86. The van der Waals surface area contributed by atoms with Crippen LogP contribution in [0.15, 0.2) is 0 Å². The van der Waals surface area contributed by atoms with Crippen LogP contribution in [0.3, 0.4) is 0 Å². The highest BCUT2D eigenvalue weighted by Gasteiger charge is 2.06. The third-order valence-electron chi connectivity index (χ3n) is 0.643. The second-order valence-electron chi connectivity index (χ2n) is 1.24. The van der Waals surface area contributed by atoms with Crippen molar-refractivity contribution in [3.8, 4) is 0 Å². The zero-order chi connectivity index (χ0) is 5.86. The molecule has 0 fully saturated rings. The molecule has 0 bridgehead atoms. The van der Waals surface area contributed by atoms with Crippen LogP contribution in [0, 0.1) is 0 Å². The lowest BCUT2D eigenvalue weighted by molar-refractivity contribution is -0.118. The van der Waals surface area contributed by atoms with Crippen molar-refractivity contribution in [2.24, 2.45) is 0 Å². The van der Waals surface area contributed by atoms with Crippen molar-refractivity contribution in [2.45, 2.75) is 18.7 Å². The largest absolute Gasteiger partial charge is 0.272 e. The predicted molar refractivity (Wildman–Crippen MR) is 28.0 cm³/mol. The number of hydrogen-bond donors (Lipinski definition) is 0. The maximum absolute atomic E-state index is 9.91. The van der Waals surface area contributed by atoms with Crippen molar-refractivity contribution in [1.29, 1.82) is 0 Å². The van der Waals surface area contributed by atoms with Crippen LogP contribution >= 0.6 is 11.6 Å². The molecule has 0 aromatic carbocycles. The molecule has 2 nitrogen and oxygen atoms in total. The molecule has 0 aliphatic carbocycles. The van der Waals surface area contributed by atoms with Gasteiger partial charge in [-0.3, -0.25) is 10.5 Å². The molecule has 1 unspecified atom stereocenters. The summed E-state index contributed by atoms with van der Waals surface area (Å²) in [4.78, 5) is 9.91. The quantitative estimate of drug-likeness (QED) is 0.498.